The average molecular weight is 462 g/mol. The number of thioether (sulfide) groups is 1. The molecule has 0 saturated carbocycles. The molecule has 2 heterocycles. The minimum Gasteiger partial charge on any atom is -0.454 e. The fraction of sp³-hybridized carbons (Fsp3) is 0.200. The molecule has 0 fully saturated rings. The van der Waals surface area contributed by atoms with E-state index in [2.05, 4.69) is 20.8 Å². The first-order valence-electron chi connectivity index (χ1n) is 9.32. The molecule has 4 rings (SSSR count). The van der Waals surface area contributed by atoms with Gasteiger partial charge in [0.2, 0.25) is 18.6 Å². The molecule has 3 aromatic rings. The minimum absolute atomic E-state index is 0.0263. The van der Waals surface area contributed by atoms with E-state index in [0.717, 1.165) is 35.5 Å². The summed E-state index contributed by atoms with van der Waals surface area (Å²) in [5, 5.41) is 12.7. The number of ether oxygens (including phenoxy) is 2. The molecular weight excluding hydrogens is 446 g/mol. The number of carbonyl (C=O) groups is 2. The highest BCUT2D eigenvalue weighted by atomic mass is 32.2. The third-order valence-corrected chi connectivity index (χ3v) is 5.11. The van der Waals surface area contributed by atoms with Gasteiger partial charge in [-0.15, -0.1) is 10.2 Å². The summed E-state index contributed by atoms with van der Waals surface area (Å²) in [5.41, 5.74) is 0.162. The van der Waals surface area contributed by atoms with E-state index >= 15 is 0 Å². The number of halogens is 2. The zero-order valence-electron chi connectivity index (χ0n) is 16.4. The highest BCUT2D eigenvalue weighted by Gasteiger charge is 2.18. The molecule has 2 aromatic carbocycles. The fourth-order valence-electron chi connectivity index (χ4n) is 2.76. The van der Waals surface area contributed by atoms with Crippen molar-refractivity contribution in [3.63, 3.8) is 0 Å². The van der Waals surface area contributed by atoms with E-state index in [1.807, 2.05) is 6.07 Å². The van der Waals surface area contributed by atoms with Gasteiger partial charge in [-0.25, -0.2) is 8.78 Å². The maximum atomic E-state index is 13.6. The van der Waals surface area contributed by atoms with Gasteiger partial charge in [-0.05, 0) is 29.8 Å². The molecule has 0 unspecified atom stereocenters. The molecule has 1 aliphatic rings. The van der Waals surface area contributed by atoms with Crippen LogP contribution >= 0.6 is 11.8 Å². The number of nitrogens with zero attached hydrogens (tertiary/aromatic N) is 2. The van der Waals surface area contributed by atoms with Gasteiger partial charge in [0.25, 0.3) is 11.1 Å². The molecule has 166 valence electrons. The summed E-state index contributed by atoms with van der Waals surface area (Å²) in [4.78, 5) is 24.0. The number of aromatic nitrogens is 2. The number of hydrogen-bond donors (Lipinski definition) is 2. The van der Waals surface area contributed by atoms with Crippen LogP contribution in [-0.4, -0.2) is 34.6 Å². The summed E-state index contributed by atoms with van der Waals surface area (Å²) < 4.78 is 43.1. The van der Waals surface area contributed by atoms with E-state index in [4.69, 9.17) is 13.9 Å². The van der Waals surface area contributed by atoms with Gasteiger partial charge in [0.05, 0.1) is 12.3 Å². The number of fused-ring (bicyclic) bond motifs is 1. The monoisotopic (exact) mass is 462 g/mol. The van der Waals surface area contributed by atoms with Crippen LogP contribution in [0.25, 0.3) is 0 Å². The van der Waals surface area contributed by atoms with Gasteiger partial charge in [-0.3, -0.25) is 9.59 Å². The molecule has 0 saturated heterocycles. The van der Waals surface area contributed by atoms with Gasteiger partial charge in [-0.1, -0.05) is 23.9 Å². The summed E-state index contributed by atoms with van der Waals surface area (Å²) in [6.07, 6.45) is 0. The molecule has 1 aliphatic heterocycles. The predicted molar refractivity (Wildman–Crippen MR) is 107 cm³/mol. The van der Waals surface area contributed by atoms with E-state index in [1.165, 1.54) is 0 Å². The Balaban J connectivity index is 1.22. The van der Waals surface area contributed by atoms with Crippen molar-refractivity contribution in [2.75, 3.05) is 12.5 Å². The highest BCUT2D eigenvalue weighted by molar-refractivity contribution is 7.99. The molecule has 0 spiro atoms. The van der Waals surface area contributed by atoms with Crippen molar-refractivity contribution in [3.8, 4) is 11.5 Å². The van der Waals surface area contributed by atoms with Crippen LogP contribution in [0.5, 0.6) is 11.5 Å². The van der Waals surface area contributed by atoms with Crippen molar-refractivity contribution in [2.45, 2.75) is 18.3 Å². The van der Waals surface area contributed by atoms with E-state index in [0.29, 0.717) is 18.0 Å². The van der Waals surface area contributed by atoms with Crippen LogP contribution in [-0.2, 0) is 17.9 Å². The van der Waals surface area contributed by atoms with Gasteiger partial charge in [0.1, 0.15) is 17.2 Å². The Morgan fingerprint density at radius 2 is 1.78 bits per heavy atom. The smallest absolute Gasteiger partial charge is 0.277 e. The molecule has 0 radical (unpaired) electrons. The average Bonchev–Trinajstić information content (AvgIpc) is 3.43. The van der Waals surface area contributed by atoms with Crippen LogP contribution in [0, 0.1) is 11.6 Å². The van der Waals surface area contributed by atoms with Gasteiger partial charge >= 0.3 is 0 Å². The predicted octanol–water partition coefficient (Wildman–Crippen LogP) is 2.42. The van der Waals surface area contributed by atoms with Crippen molar-refractivity contribution in [1.82, 2.24) is 20.8 Å². The van der Waals surface area contributed by atoms with Gasteiger partial charge in [0, 0.05) is 6.54 Å². The van der Waals surface area contributed by atoms with Crippen LogP contribution in [0.3, 0.4) is 0 Å². The van der Waals surface area contributed by atoms with Crippen LogP contribution in [0.2, 0.25) is 0 Å². The number of amides is 2. The second kappa shape index (κ2) is 9.64. The Morgan fingerprint density at radius 1 is 1.00 bits per heavy atom. The van der Waals surface area contributed by atoms with Gasteiger partial charge in [0.15, 0.2) is 11.5 Å². The third-order valence-electron chi connectivity index (χ3n) is 4.29. The molecule has 1 aromatic heterocycles. The Bertz CT molecular complexity index is 1140. The summed E-state index contributed by atoms with van der Waals surface area (Å²) >= 11 is 1.01. The molecular formula is C20H16F2N4O5S. The topological polar surface area (TPSA) is 116 Å². The lowest BCUT2D eigenvalue weighted by molar-refractivity contribution is -0.118. The van der Waals surface area contributed by atoms with Crippen molar-refractivity contribution in [3.05, 3.63) is 65.1 Å². The van der Waals surface area contributed by atoms with E-state index in [-0.39, 0.29) is 36.1 Å². The SMILES string of the molecule is O=C(CSc1nnc(CNC(=O)c2c(F)cccc2F)o1)NCc1ccc2c(c1)OCO2. The van der Waals surface area contributed by atoms with E-state index in [9.17, 15) is 18.4 Å². The molecule has 32 heavy (non-hydrogen) atoms. The fourth-order valence-corrected chi connectivity index (χ4v) is 3.37. The number of nitrogens with one attached hydrogen (secondary N) is 2. The first-order chi connectivity index (χ1) is 15.5. The van der Waals surface area contributed by atoms with Crippen molar-refractivity contribution in [1.29, 1.82) is 0 Å². The molecule has 0 aliphatic carbocycles. The lowest BCUT2D eigenvalue weighted by Crippen LogP contribution is -2.25. The molecule has 12 heteroatoms. The summed E-state index contributed by atoms with van der Waals surface area (Å²) in [7, 11) is 0. The summed E-state index contributed by atoms with van der Waals surface area (Å²) in [6, 6.07) is 8.52. The number of rotatable bonds is 8. The largest absolute Gasteiger partial charge is 0.454 e. The first kappa shape index (κ1) is 21.6. The first-order valence-corrected chi connectivity index (χ1v) is 10.3. The number of carbonyl (C=O) groups excluding carboxylic acids is 2. The maximum absolute atomic E-state index is 13.6. The minimum atomic E-state index is -0.976. The summed E-state index contributed by atoms with van der Waals surface area (Å²) in [5.74, 6) is -1.80. The normalized spacial score (nSPS) is 11.9. The molecule has 2 N–H and O–H groups in total. The lowest BCUT2D eigenvalue weighted by atomic mass is 10.2. The van der Waals surface area contributed by atoms with Gasteiger partial charge in [-0.2, -0.15) is 0 Å². The van der Waals surface area contributed by atoms with E-state index < -0.39 is 23.1 Å². The van der Waals surface area contributed by atoms with Crippen molar-refractivity contribution < 1.29 is 32.3 Å². The van der Waals surface area contributed by atoms with Crippen LogP contribution in [0.4, 0.5) is 8.78 Å². The van der Waals surface area contributed by atoms with E-state index in [1.54, 1.807) is 12.1 Å². The molecule has 9 nitrogen and oxygen atoms in total. The Kier molecular flexibility index (Phi) is 6.50. The van der Waals surface area contributed by atoms with Gasteiger partial charge < -0.3 is 24.5 Å². The van der Waals surface area contributed by atoms with Crippen LogP contribution < -0.4 is 20.1 Å². The molecule has 0 bridgehead atoms. The van der Waals surface area contributed by atoms with Crippen molar-refractivity contribution >= 4 is 23.6 Å². The lowest BCUT2D eigenvalue weighted by Gasteiger charge is -2.05. The zero-order valence-corrected chi connectivity index (χ0v) is 17.2. The Labute approximate surface area is 184 Å². The Morgan fingerprint density at radius 3 is 2.59 bits per heavy atom. The number of benzene rings is 2. The zero-order chi connectivity index (χ0) is 22.5. The quantitative estimate of drug-likeness (QED) is 0.491. The second-order valence-electron chi connectivity index (χ2n) is 6.49. The summed E-state index contributed by atoms with van der Waals surface area (Å²) in [6.45, 7) is 0.262. The Hall–Kier alpha value is -3.67. The maximum Gasteiger partial charge on any atom is 0.277 e. The molecule has 2 amide bonds. The number of hydrogen-bond acceptors (Lipinski definition) is 8. The van der Waals surface area contributed by atoms with Crippen molar-refractivity contribution in [2.24, 2.45) is 0 Å². The standard InChI is InChI=1S/C20H16F2N4O5S/c21-12-2-1-3-13(22)18(12)19(28)24-8-17-25-26-20(31-17)32-9-16(27)23-7-11-4-5-14-15(6-11)30-10-29-14/h1-6H,7-10H2,(H,23,27)(H,24,28). The second-order valence-corrected chi connectivity index (χ2v) is 7.42. The third kappa shape index (κ3) is 5.14. The van der Waals surface area contributed by atoms with Crippen LogP contribution in [0.1, 0.15) is 21.8 Å². The highest BCUT2D eigenvalue weighted by Crippen LogP contribution is 2.32. The molecule has 0 atom stereocenters. The van der Waals surface area contributed by atoms with Crippen LogP contribution in [0.15, 0.2) is 46.0 Å².